The molecule has 0 bridgehead atoms. The topological polar surface area (TPSA) is 24.7 Å². The molecular weight excluding hydrogens is 340 g/mol. The predicted molar refractivity (Wildman–Crippen MR) is 127 cm³/mol. The van der Waals surface area contributed by atoms with Crippen molar-refractivity contribution in [3.63, 3.8) is 0 Å². The van der Waals surface area contributed by atoms with E-state index in [0.717, 1.165) is 30.7 Å². The highest BCUT2D eigenvalue weighted by atomic mass is 14.9. The molecule has 0 N–H and O–H groups in total. The van der Waals surface area contributed by atoms with Crippen LogP contribution in [-0.2, 0) is 0 Å². The molecule has 2 heteroatoms. The number of hydrogen-bond acceptors (Lipinski definition) is 2. The maximum Gasteiger partial charge on any atom is 0.0650 e. The van der Waals surface area contributed by atoms with Crippen molar-refractivity contribution in [2.75, 3.05) is 0 Å². The van der Waals surface area contributed by atoms with Crippen LogP contribution in [0.25, 0.3) is 0 Å². The number of nitrogens with zero attached hydrogens (tertiary/aromatic N) is 2. The summed E-state index contributed by atoms with van der Waals surface area (Å²) in [5, 5.41) is 0. The Bertz CT molecular complexity index is 678. The van der Waals surface area contributed by atoms with Gasteiger partial charge in [0.2, 0.25) is 0 Å². The van der Waals surface area contributed by atoms with Crippen LogP contribution in [-0.4, -0.2) is 12.9 Å². The standard InChI is InChI=1S/C26H44N2/c1-13-15-20(18(3)24(5,6)7)25(8,9)17-16-21-23(27-12)22(28-14-2)19(4)26(21,10)11/h13-14,19,21H,1,12,15-17H2,2-11H3/b20-18-,28-14-/t19-,21+/m1/s1. The molecule has 0 spiro atoms. The monoisotopic (exact) mass is 384 g/mol. The van der Waals surface area contributed by atoms with Gasteiger partial charge in [0.05, 0.1) is 11.4 Å². The Kier molecular flexibility index (Phi) is 7.84. The summed E-state index contributed by atoms with van der Waals surface area (Å²) in [7, 11) is 0. The average molecular weight is 385 g/mol. The summed E-state index contributed by atoms with van der Waals surface area (Å²) >= 11 is 0. The summed E-state index contributed by atoms with van der Waals surface area (Å²) < 4.78 is 0. The number of hydrogen-bond donors (Lipinski definition) is 0. The van der Waals surface area contributed by atoms with Crippen molar-refractivity contribution in [1.82, 2.24) is 0 Å². The van der Waals surface area contributed by atoms with Crippen molar-refractivity contribution in [3.05, 3.63) is 35.2 Å². The lowest BCUT2D eigenvalue weighted by molar-refractivity contribution is 0.179. The van der Waals surface area contributed by atoms with Gasteiger partial charge in [-0.15, -0.1) is 6.58 Å². The van der Waals surface area contributed by atoms with E-state index < -0.39 is 0 Å². The van der Waals surface area contributed by atoms with Gasteiger partial charge < -0.3 is 0 Å². The van der Waals surface area contributed by atoms with Crippen LogP contribution in [0.2, 0.25) is 0 Å². The fraction of sp³-hybridized carbons (Fsp3) is 0.692. The third kappa shape index (κ3) is 4.93. The summed E-state index contributed by atoms with van der Waals surface area (Å²) in [5.41, 5.74) is 5.68. The zero-order valence-corrected chi connectivity index (χ0v) is 20.2. The largest absolute Gasteiger partial charge is 0.267 e. The van der Waals surface area contributed by atoms with Gasteiger partial charge in [0, 0.05) is 18.1 Å². The van der Waals surface area contributed by atoms with Crippen LogP contribution < -0.4 is 0 Å². The summed E-state index contributed by atoms with van der Waals surface area (Å²) in [6.07, 6.45) is 7.11. The van der Waals surface area contributed by atoms with Gasteiger partial charge in [-0.25, -0.2) is 0 Å². The zero-order valence-electron chi connectivity index (χ0n) is 20.2. The normalized spacial score (nSPS) is 23.9. The molecule has 0 aromatic carbocycles. The van der Waals surface area contributed by atoms with Crippen LogP contribution in [0.3, 0.4) is 0 Å². The first kappa shape index (κ1) is 24.6. The molecule has 0 unspecified atom stereocenters. The van der Waals surface area contributed by atoms with Crippen LogP contribution >= 0.6 is 0 Å². The maximum atomic E-state index is 4.67. The van der Waals surface area contributed by atoms with Crippen molar-refractivity contribution in [2.45, 2.75) is 88.5 Å². The SMILES string of the molecule is C=CC/C(=C(\C)C(C)(C)C)C(C)(C)CC[C@H]1C(N=C)=C(/N=C\C)[C@@H](C)C1(C)C. The lowest BCUT2D eigenvalue weighted by atomic mass is 9.67. The first-order chi connectivity index (χ1) is 12.8. The Morgan fingerprint density at radius 3 is 2.14 bits per heavy atom. The molecule has 0 saturated carbocycles. The van der Waals surface area contributed by atoms with Crippen molar-refractivity contribution in [3.8, 4) is 0 Å². The summed E-state index contributed by atoms with van der Waals surface area (Å²) in [5.74, 6) is 0.773. The third-order valence-electron chi connectivity index (χ3n) is 7.26. The van der Waals surface area contributed by atoms with Gasteiger partial charge in [-0.1, -0.05) is 72.6 Å². The lowest BCUT2D eigenvalue weighted by Crippen LogP contribution is -2.28. The molecule has 0 amide bonds. The highest BCUT2D eigenvalue weighted by Gasteiger charge is 2.46. The zero-order chi connectivity index (χ0) is 21.9. The first-order valence-corrected chi connectivity index (χ1v) is 10.8. The Hall–Kier alpha value is -1.44. The fourth-order valence-corrected chi connectivity index (χ4v) is 4.61. The summed E-state index contributed by atoms with van der Waals surface area (Å²) in [4.78, 5) is 9.13. The molecule has 2 atom stereocenters. The van der Waals surface area contributed by atoms with Crippen LogP contribution in [0.5, 0.6) is 0 Å². The van der Waals surface area contributed by atoms with E-state index in [1.165, 1.54) is 11.1 Å². The van der Waals surface area contributed by atoms with Crippen molar-refractivity contribution in [2.24, 2.45) is 38.1 Å². The maximum absolute atomic E-state index is 4.67. The van der Waals surface area contributed by atoms with E-state index in [9.17, 15) is 0 Å². The van der Waals surface area contributed by atoms with Gasteiger partial charge >= 0.3 is 0 Å². The summed E-state index contributed by atoms with van der Waals surface area (Å²) in [6, 6.07) is 0. The molecule has 1 rings (SSSR count). The van der Waals surface area contributed by atoms with Gasteiger partial charge in [0.1, 0.15) is 0 Å². The van der Waals surface area contributed by atoms with Gasteiger partial charge in [0.15, 0.2) is 0 Å². The molecule has 0 aliphatic heterocycles. The minimum absolute atomic E-state index is 0.119. The molecule has 0 aromatic rings. The number of rotatable bonds is 8. The Morgan fingerprint density at radius 2 is 1.71 bits per heavy atom. The minimum atomic E-state index is 0.119. The van der Waals surface area contributed by atoms with Crippen molar-refractivity contribution >= 4 is 12.9 Å². The second-order valence-electron chi connectivity index (χ2n) is 10.7. The van der Waals surface area contributed by atoms with Gasteiger partial charge in [-0.2, -0.15) is 0 Å². The van der Waals surface area contributed by atoms with E-state index in [1.807, 2.05) is 13.1 Å². The predicted octanol–water partition coefficient (Wildman–Crippen LogP) is 8.03. The van der Waals surface area contributed by atoms with Gasteiger partial charge in [-0.05, 0) is 56.1 Å². The average Bonchev–Trinajstić information content (AvgIpc) is 2.76. The Labute approximate surface area is 175 Å². The third-order valence-corrected chi connectivity index (χ3v) is 7.26. The molecule has 158 valence electrons. The van der Waals surface area contributed by atoms with Crippen LogP contribution in [0.1, 0.15) is 88.5 Å². The smallest absolute Gasteiger partial charge is 0.0650 e. The second kappa shape index (κ2) is 8.93. The van der Waals surface area contributed by atoms with E-state index in [0.29, 0.717) is 11.8 Å². The Morgan fingerprint density at radius 1 is 1.14 bits per heavy atom. The quantitative estimate of drug-likeness (QED) is 0.299. The molecule has 2 nitrogen and oxygen atoms in total. The molecule has 0 fully saturated rings. The molecule has 0 heterocycles. The van der Waals surface area contributed by atoms with Gasteiger partial charge in [-0.3, -0.25) is 9.98 Å². The molecule has 0 radical (unpaired) electrons. The fourth-order valence-electron chi connectivity index (χ4n) is 4.61. The highest BCUT2D eigenvalue weighted by Crippen LogP contribution is 2.54. The molecule has 28 heavy (non-hydrogen) atoms. The number of allylic oxidation sites excluding steroid dienone is 5. The van der Waals surface area contributed by atoms with Crippen LogP contribution in [0.15, 0.2) is 45.2 Å². The Balaban J connectivity index is 3.26. The van der Waals surface area contributed by atoms with E-state index in [4.69, 9.17) is 0 Å². The highest BCUT2D eigenvalue weighted by molar-refractivity contribution is 5.56. The number of aliphatic imine (C=N–C) groups is 2. The van der Waals surface area contributed by atoms with E-state index in [-0.39, 0.29) is 16.2 Å². The molecule has 0 aromatic heterocycles. The van der Waals surface area contributed by atoms with Crippen molar-refractivity contribution < 1.29 is 0 Å². The second-order valence-corrected chi connectivity index (χ2v) is 10.7. The summed E-state index contributed by atoms with van der Waals surface area (Å²) in [6.45, 7) is 30.9. The lowest BCUT2D eigenvalue weighted by Gasteiger charge is -2.37. The molecule has 1 aliphatic carbocycles. The van der Waals surface area contributed by atoms with Crippen molar-refractivity contribution in [1.29, 1.82) is 0 Å². The molecule has 1 aliphatic rings. The first-order valence-electron chi connectivity index (χ1n) is 10.8. The molecule has 0 saturated heterocycles. The minimum Gasteiger partial charge on any atom is -0.267 e. The van der Waals surface area contributed by atoms with Gasteiger partial charge in [0.25, 0.3) is 0 Å². The van der Waals surface area contributed by atoms with E-state index in [1.54, 1.807) is 0 Å². The van der Waals surface area contributed by atoms with E-state index in [2.05, 4.69) is 91.7 Å². The van der Waals surface area contributed by atoms with Crippen LogP contribution in [0, 0.1) is 28.1 Å². The van der Waals surface area contributed by atoms with E-state index >= 15 is 0 Å². The van der Waals surface area contributed by atoms with Crippen LogP contribution in [0.4, 0.5) is 0 Å². The molecular formula is C26H44N2.